The van der Waals surface area contributed by atoms with Gasteiger partial charge in [-0.2, -0.15) is 0 Å². The van der Waals surface area contributed by atoms with E-state index in [1.54, 1.807) is 70.6 Å². The molecule has 1 atom stereocenters. The van der Waals surface area contributed by atoms with E-state index in [9.17, 15) is 0 Å². The van der Waals surface area contributed by atoms with Crippen molar-refractivity contribution in [2.24, 2.45) is 0 Å². The van der Waals surface area contributed by atoms with Crippen molar-refractivity contribution in [3.05, 3.63) is 0 Å². The lowest BCUT2D eigenvalue weighted by Crippen LogP contribution is -2.51. The van der Waals surface area contributed by atoms with Crippen molar-refractivity contribution in [1.29, 1.82) is 0 Å². The van der Waals surface area contributed by atoms with Gasteiger partial charge in [-0.15, -0.1) is 11.6 Å². The largest absolute Gasteiger partial charge is 0.190 e. The summed E-state index contributed by atoms with van der Waals surface area (Å²) in [6.07, 6.45) is 0. The van der Waals surface area contributed by atoms with Crippen molar-refractivity contribution in [2.45, 2.75) is 24.3 Å². The molecule has 0 aromatic heterocycles. The zero-order valence-corrected chi connectivity index (χ0v) is 15.5. The minimum atomic E-state index is -0.519. The second kappa shape index (κ2) is 4.14. The van der Waals surface area contributed by atoms with E-state index in [4.69, 9.17) is 46.4 Å². The molecule has 0 amide bonds. The number of halogens is 4. The molecule has 4 heterocycles. The molecule has 1 unspecified atom stereocenters. The van der Waals surface area contributed by atoms with Crippen LogP contribution in [0.25, 0.3) is 0 Å². The molecule has 0 aliphatic carbocycles. The first-order valence-electron chi connectivity index (χ1n) is 4.10. The molecule has 10 heteroatoms. The molecule has 4 saturated heterocycles. The lowest BCUT2D eigenvalue weighted by molar-refractivity contribution is 1.01. The van der Waals surface area contributed by atoms with Crippen LogP contribution in [0.1, 0.15) is 6.92 Å². The Hall–Kier alpha value is 3.26. The van der Waals surface area contributed by atoms with E-state index in [1.165, 1.54) is 0 Å². The van der Waals surface area contributed by atoms with E-state index in [2.05, 4.69) is 0 Å². The Morgan fingerprint density at radius 3 is 1.31 bits per heavy atom. The highest BCUT2D eigenvalue weighted by molar-refractivity contribution is 8.67. The number of hydrogen-bond acceptors (Lipinski definition) is 6. The molecule has 0 nitrogen and oxygen atoms in total. The van der Waals surface area contributed by atoms with E-state index < -0.39 is 8.61 Å². The Labute approximate surface area is 139 Å². The first kappa shape index (κ1) is 14.2. The van der Waals surface area contributed by atoms with Gasteiger partial charge >= 0.3 is 0 Å². The van der Waals surface area contributed by atoms with Crippen molar-refractivity contribution >= 4 is 117 Å². The van der Waals surface area contributed by atoms with E-state index in [1.807, 2.05) is 6.92 Å². The molecule has 0 aromatic carbocycles. The molecular formula is C6H4Cl4S6. The fourth-order valence-corrected chi connectivity index (χ4v) is 25.1. The first-order valence-corrected chi connectivity index (χ1v) is 10.6. The van der Waals surface area contributed by atoms with Gasteiger partial charge in [0.1, 0.15) is 3.41 Å². The SMILES string of the molecule is CC(Cl)C12SC3(Cl)SC(Cl)(SC(Cl)(S3)S1)S2. The van der Waals surface area contributed by atoms with Crippen LogP contribution >= 0.6 is 117 Å². The Morgan fingerprint density at radius 2 is 1.06 bits per heavy atom. The maximum atomic E-state index is 6.57. The summed E-state index contributed by atoms with van der Waals surface area (Å²) in [4.78, 5) is 0. The molecule has 4 aliphatic heterocycles. The first-order chi connectivity index (χ1) is 7.19. The summed E-state index contributed by atoms with van der Waals surface area (Å²) in [5.74, 6) is 0. The third kappa shape index (κ3) is 2.23. The van der Waals surface area contributed by atoms with Crippen LogP contribution in [0.5, 0.6) is 0 Å². The standard InChI is InChI=1S/C6H4Cl4S6/c1-2(7)3-11-4(8)14-5(9,12-3)16-6(10,13-3)15-4/h2H,1H3. The maximum absolute atomic E-state index is 6.57. The quantitative estimate of drug-likeness (QED) is 0.465. The van der Waals surface area contributed by atoms with E-state index in [-0.39, 0.29) is 8.79 Å². The van der Waals surface area contributed by atoms with Crippen molar-refractivity contribution in [3.8, 4) is 0 Å². The fraction of sp³-hybridized carbons (Fsp3) is 1.00. The molecule has 0 spiro atoms. The van der Waals surface area contributed by atoms with Gasteiger partial charge in [0.15, 0.2) is 8.61 Å². The lowest BCUT2D eigenvalue weighted by atomic mass is 10.5. The average molecular weight is 410 g/mol. The van der Waals surface area contributed by atoms with E-state index in [0.29, 0.717) is 0 Å². The van der Waals surface area contributed by atoms with Gasteiger partial charge in [-0.1, -0.05) is 105 Å². The molecule has 92 valence electrons. The number of hydrogen-bond donors (Lipinski definition) is 0. The predicted octanol–water partition coefficient (Wildman–Crippen LogP) is 6.26. The van der Waals surface area contributed by atoms with Crippen LogP contribution in [0.2, 0.25) is 0 Å². The van der Waals surface area contributed by atoms with Crippen LogP contribution in [0.3, 0.4) is 0 Å². The molecular weight excluding hydrogens is 406 g/mol. The molecule has 4 aliphatic rings. The topological polar surface area (TPSA) is 0 Å². The fourth-order valence-electron chi connectivity index (χ4n) is 1.44. The van der Waals surface area contributed by atoms with Gasteiger partial charge < -0.3 is 0 Å². The van der Waals surface area contributed by atoms with Crippen LogP contribution < -0.4 is 0 Å². The zero-order chi connectivity index (χ0) is 11.8. The second-order valence-corrected chi connectivity index (χ2v) is 19.4. The van der Waals surface area contributed by atoms with Crippen LogP contribution in [-0.2, 0) is 0 Å². The van der Waals surface area contributed by atoms with E-state index in [0.717, 1.165) is 0 Å². The minimum Gasteiger partial charge on any atom is -0.120 e. The molecule has 0 radical (unpaired) electrons. The third-order valence-electron chi connectivity index (χ3n) is 2.01. The Bertz CT molecular complexity index is 296. The van der Waals surface area contributed by atoms with Crippen LogP contribution in [0, 0.1) is 0 Å². The molecule has 0 aromatic rings. The normalized spacial score (nSPS) is 61.3. The zero-order valence-electron chi connectivity index (χ0n) is 7.54. The summed E-state index contributed by atoms with van der Waals surface area (Å²) >= 11 is 35.7. The molecule has 4 fully saturated rings. The van der Waals surface area contributed by atoms with Crippen LogP contribution in [0.15, 0.2) is 0 Å². The molecule has 4 bridgehead atoms. The second-order valence-electron chi connectivity index (χ2n) is 3.28. The summed E-state index contributed by atoms with van der Waals surface area (Å²) in [7, 11) is 0. The van der Waals surface area contributed by atoms with Crippen LogP contribution in [-0.4, -0.2) is 17.4 Å². The van der Waals surface area contributed by atoms with Gasteiger partial charge in [0.05, 0.1) is 5.38 Å². The highest BCUT2D eigenvalue weighted by Crippen LogP contribution is 2.91. The summed E-state index contributed by atoms with van der Waals surface area (Å²) in [5.41, 5.74) is 0. The monoisotopic (exact) mass is 408 g/mol. The minimum absolute atomic E-state index is 0.0513. The summed E-state index contributed by atoms with van der Waals surface area (Å²) in [6.45, 7) is 1.97. The van der Waals surface area contributed by atoms with Gasteiger partial charge in [0, 0.05) is 0 Å². The Kier molecular flexibility index (Phi) is 3.67. The molecule has 4 rings (SSSR count). The predicted molar refractivity (Wildman–Crippen MR) is 89.3 cm³/mol. The smallest absolute Gasteiger partial charge is 0.120 e. The van der Waals surface area contributed by atoms with Gasteiger partial charge in [0.25, 0.3) is 0 Å². The molecule has 0 N–H and O–H groups in total. The number of alkyl halides is 4. The summed E-state index contributed by atoms with van der Waals surface area (Å²) in [6, 6.07) is 0. The van der Waals surface area contributed by atoms with Crippen molar-refractivity contribution in [2.75, 3.05) is 0 Å². The number of thioether (sulfide) groups is 6. The lowest BCUT2D eigenvalue weighted by Gasteiger charge is -2.62. The van der Waals surface area contributed by atoms with Gasteiger partial charge in [-0.3, -0.25) is 0 Å². The summed E-state index contributed by atoms with van der Waals surface area (Å²) in [5, 5.41) is -0.0513. The Balaban J connectivity index is 2.07. The van der Waals surface area contributed by atoms with Crippen molar-refractivity contribution in [1.82, 2.24) is 0 Å². The van der Waals surface area contributed by atoms with E-state index >= 15 is 0 Å². The average Bonchev–Trinajstić information content (AvgIpc) is 1.92. The Morgan fingerprint density at radius 1 is 0.750 bits per heavy atom. The maximum Gasteiger partial charge on any atom is 0.190 e. The molecule has 16 heavy (non-hydrogen) atoms. The summed E-state index contributed by atoms with van der Waals surface area (Å²) < 4.78 is -1.81. The highest BCUT2D eigenvalue weighted by Gasteiger charge is 2.73. The van der Waals surface area contributed by atoms with Crippen molar-refractivity contribution < 1.29 is 0 Å². The van der Waals surface area contributed by atoms with Gasteiger partial charge in [0.2, 0.25) is 0 Å². The molecule has 0 saturated carbocycles. The van der Waals surface area contributed by atoms with Gasteiger partial charge in [-0.25, -0.2) is 0 Å². The van der Waals surface area contributed by atoms with Gasteiger partial charge in [-0.05, 0) is 6.92 Å². The van der Waals surface area contributed by atoms with Crippen molar-refractivity contribution in [3.63, 3.8) is 0 Å². The highest BCUT2D eigenvalue weighted by atomic mass is 35.5. The van der Waals surface area contributed by atoms with Crippen LogP contribution in [0.4, 0.5) is 0 Å². The number of rotatable bonds is 1. The third-order valence-corrected chi connectivity index (χ3v) is 14.9.